The van der Waals surface area contributed by atoms with E-state index in [4.69, 9.17) is 11.6 Å². The SMILES string of the molecule is CC12C(=O)N(c3ccc(F)c(Cl)c3)C(=O)C1CC1C(=CCC3C(=O)N(c4ccc([N+](=O)[O-])cc4)C(=O)C31)C2c1cccc(F)c1O. The largest absolute Gasteiger partial charge is 0.505 e. The summed E-state index contributed by atoms with van der Waals surface area (Å²) in [6, 6.07) is 12.3. The third-order valence-corrected chi connectivity index (χ3v) is 10.4. The predicted octanol–water partition coefficient (Wildman–Crippen LogP) is 5.67. The normalized spacial score (nSPS) is 28.6. The third kappa shape index (κ3) is 3.98. The van der Waals surface area contributed by atoms with E-state index in [-0.39, 0.29) is 40.5 Å². The van der Waals surface area contributed by atoms with Crippen molar-refractivity contribution in [2.75, 3.05) is 9.80 Å². The number of halogens is 3. The van der Waals surface area contributed by atoms with Crippen molar-refractivity contribution in [1.29, 1.82) is 0 Å². The summed E-state index contributed by atoms with van der Waals surface area (Å²) in [5, 5.41) is 21.8. The number of aromatic hydroxyl groups is 1. The molecule has 3 fully saturated rings. The number of para-hydroxylation sites is 1. The highest BCUT2D eigenvalue weighted by Gasteiger charge is 2.68. The summed E-state index contributed by atoms with van der Waals surface area (Å²) in [6.45, 7) is 1.56. The third-order valence-electron chi connectivity index (χ3n) is 10.1. The molecule has 10 nitrogen and oxygen atoms in total. The minimum atomic E-state index is -1.57. The van der Waals surface area contributed by atoms with Crippen molar-refractivity contribution >= 4 is 52.3 Å². The Kier molecular flexibility index (Phi) is 6.64. The molecule has 0 spiro atoms. The Morgan fingerprint density at radius 1 is 0.913 bits per heavy atom. The molecular formula is C33H24ClF2N3O7. The van der Waals surface area contributed by atoms with Crippen molar-refractivity contribution in [2.24, 2.45) is 29.1 Å². The van der Waals surface area contributed by atoms with Crippen LogP contribution in [0.2, 0.25) is 5.02 Å². The first-order valence-electron chi connectivity index (χ1n) is 14.5. The molecule has 2 saturated heterocycles. The molecule has 0 radical (unpaired) electrons. The van der Waals surface area contributed by atoms with Gasteiger partial charge in [0.05, 0.1) is 44.5 Å². The number of carbonyl (C=O) groups is 4. The second-order valence-corrected chi connectivity index (χ2v) is 12.6. The summed E-state index contributed by atoms with van der Waals surface area (Å²) in [6.07, 6.45) is 1.82. The number of amides is 4. The van der Waals surface area contributed by atoms with Crippen LogP contribution in [-0.4, -0.2) is 33.7 Å². The zero-order chi connectivity index (χ0) is 32.8. The Hall–Kier alpha value is -4.97. The Labute approximate surface area is 265 Å². The Morgan fingerprint density at radius 2 is 1.61 bits per heavy atom. The van der Waals surface area contributed by atoms with Crippen molar-refractivity contribution in [3.8, 4) is 5.75 Å². The number of rotatable bonds is 4. The van der Waals surface area contributed by atoms with Gasteiger partial charge in [-0.05, 0) is 62.1 Å². The molecule has 2 heterocycles. The fourth-order valence-electron chi connectivity index (χ4n) is 7.97. The molecule has 0 aromatic heterocycles. The van der Waals surface area contributed by atoms with E-state index < -0.39 is 80.9 Å². The first-order valence-corrected chi connectivity index (χ1v) is 14.9. The summed E-state index contributed by atoms with van der Waals surface area (Å²) < 4.78 is 28.9. The number of nitro groups is 1. The van der Waals surface area contributed by atoms with Crippen LogP contribution in [0.1, 0.15) is 31.2 Å². The highest BCUT2D eigenvalue weighted by molar-refractivity contribution is 6.32. The van der Waals surface area contributed by atoms with Gasteiger partial charge >= 0.3 is 0 Å². The quantitative estimate of drug-likeness (QED) is 0.167. The van der Waals surface area contributed by atoms with E-state index in [1.165, 1.54) is 42.5 Å². The smallest absolute Gasteiger partial charge is 0.269 e. The van der Waals surface area contributed by atoms with Gasteiger partial charge in [-0.2, -0.15) is 0 Å². The van der Waals surface area contributed by atoms with E-state index in [9.17, 15) is 43.2 Å². The first-order chi connectivity index (χ1) is 21.9. The van der Waals surface area contributed by atoms with E-state index in [1.807, 2.05) is 0 Å². The lowest BCUT2D eigenvalue weighted by Crippen LogP contribution is -2.49. The number of phenols is 1. The monoisotopic (exact) mass is 647 g/mol. The zero-order valence-corrected chi connectivity index (χ0v) is 24.8. The molecule has 6 unspecified atom stereocenters. The summed E-state index contributed by atoms with van der Waals surface area (Å²) in [5.74, 6) is -9.44. The van der Waals surface area contributed by atoms with Gasteiger partial charge in [-0.25, -0.2) is 13.7 Å². The molecule has 1 N–H and O–H groups in total. The summed E-state index contributed by atoms with van der Waals surface area (Å²) >= 11 is 6.00. The molecule has 46 heavy (non-hydrogen) atoms. The fraction of sp³-hybridized carbons (Fsp3) is 0.273. The number of hydrogen-bond donors (Lipinski definition) is 1. The minimum absolute atomic E-state index is 0.0147. The predicted molar refractivity (Wildman–Crippen MR) is 160 cm³/mol. The molecular weight excluding hydrogens is 624 g/mol. The maximum absolute atomic E-state index is 14.8. The van der Waals surface area contributed by atoms with Crippen molar-refractivity contribution in [3.05, 3.63) is 105 Å². The average molecular weight is 648 g/mol. The van der Waals surface area contributed by atoms with Crippen LogP contribution in [-0.2, 0) is 19.2 Å². The number of anilines is 2. The van der Waals surface area contributed by atoms with Gasteiger partial charge < -0.3 is 5.11 Å². The summed E-state index contributed by atoms with van der Waals surface area (Å²) in [7, 11) is 0. The van der Waals surface area contributed by atoms with E-state index in [0.29, 0.717) is 5.57 Å². The Balaban J connectivity index is 1.36. The number of nitrogens with zero attached hydrogens (tertiary/aromatic N) is 3. The number of imide groups is 2. The number of fused-ring (bicyclic) bond motifs is 4. The number of hydrogen-bond acceptors (Lipinski definition) is 7. The van der Waals surface area contributed by atoms with E-state index >= 15 is 0 Å². The molecule has 2 aliphatic heterocycles. The zero-order valence-electron chi connectivity index (χ0n) is 24.0. The number of allylic oxidation sites excluding steroid dienone is 2. The fourth-order valence-corrected chi connectivity index (χ4v) is 8.15. The van der Waals surface area contributed by atoms with Crippen LogP contribution in [0.4, 0.5) is 25.8 Å². The van der Waals surface area contributed by atoms with Crippen LogP contribution < -0.4 is 9.80 Å². The molecule has 4 amide bonds. The minimum Gasteiger partial charge on any atom is -0.505 e. The number of carbonyl (C=O) groups excluding carboxylic acids is 4. The molecule has 7 rings (SSSR count). The van der Waals surface area contributed by atoms with Gasteiger partial charge in [0.1, 0.15) is 5.82 Å². The van der Waals surface area contributed by atoms with Crippen LogP contribution in [0.5, 0.6) is 5.75 Å². The topological polar surface area (TPSA) is 138 Å². The molecule has 2 aliphatic carbocycles. The van der Waals surface area contributed by atoms with Crippen molar-refractivity contribution in [2.45, 2.75) is 25.7 Å². The lowest BCUT2D eigenvalue weighted by molar-refractivity contribution is -0.384. The molecule has 234 valence electrons. The van der Waals surface area contributed by atoms with E-state index in [2.05, 4.69) is 0 Å². The molecule has 0 bridgehead atoms. The van der Waals surface area contributed by atoms with E-state index in [1.54, 1.807) is 13.0 Å². The van der Waals surface area contributed by atoms with Gasteiger partial charge in [0, 0.05) is 23.6 Å². The van der Waals surface area contributed by atoms with Crippen LogP contribution in [0, 0.1) is 50.8 Å². The Morgan fingerprint density at radius 3 is 2.28 bits per heavy atom. The number of non-ortho nitro benzene ring substituents is 1. The first kappa shape index (κ1) is 29.7. The van der Waals surface area contributed by atoms with Gasteiger partial charge in [-0.15, -0.1) is 0 Å². The summed E-state index contributed by atoms with van der Waals surface area (Å²) in [5.41, 5.74) is -1.03. The van der Waals surface area contributed by atoms with Gasteiger partial charge in [-0.1, -0.05) is 35.4 Å². The summed E-state index contributed by atoms with van der Waals surface area (Å²) in [4.78, 5) is 68.8. The maximum Gasteiger partial charge on any atom is 0.269 e. The molecule has 4 aliphatic rings. The van der Waals surface area contributed by atoms with Crippen LogP contribution in [0.15, 0.2) is 72.3 Å². The van der Waals surface area contributed by atoms with Crippen molar-refractivity contribution in [1.82, 2.24) is 0 Å². The van der Waals surface area contributed by atoms with Crippen molar-refractivity contribution in [3.63, 3.8) is 0 Å². The van der Waals surface area contributed by atoms with Crippen LogP contribution in [0.25, 0.3) is 0 Å². The van der Waals surface area contributed by atoms with Gasteiger partial charge in [0.2, 0.25) is 23.6 Å². The van der Waals surface area contributed by atoms with E-state index in [0.717, 1.165) is 28.0 Å². The maximum atomic E-state index is 14.8. The lowest BCUT2D eigenvalue weighted by Gasteiger charge is -2.49. The lowest BCUT2D eigenvalue weighted by atomic mass is 9.51. The van der Waals surface area contributed by atoms with Gasteiger partial charge in [-0.3, -0.25) is 34.2 Å². The van der Waals surface area contributed by atoms with Gasteiger partial charge in [0.25, 0.3) is 5.69 Å². The number of nitro benzene ring substituents is 1. The highest BCUT2D eigenvalue weighted by atomic mass is 35.5. The van der Waals surface area contributed by atoms with Crippen LogP contribution in [0.3, 0.4) is 0 Å². The van der Waals surface area contributed by atoms with Crippen molar-refractivity contribution < 1.29 is 38.0 Å². The second-order valence-electron chi connectivity index (χ2n) is 12.2. The number of phenolic OH excluding ortho intramolecular Hbond substituents is 1. The number of benzene rings is 3. The van der Waals surface area contributed by atoms with Gasteiger partial charge in [0.15, 0.2) is 11.6 Å². The van der Waals surface area contributed by atoms with Crippen LogP contribution >= 0.6 is 11.6 Å². The molecule has 13 heteroatoms. The molecule has 3 aromatic rings. The second kappa shape index (κ2) is 10.3. The molecule has 1 saturated carbocycles. The highest BCUT2D eigenvalue weighted by Crippen LogP contribution is 2.64. The average Bonchev–Trinajstić information content (AvgIpc) is 3.40. The molecule has 6 atom stereocenters. The standard InChI is InChI=1S/C33H24ClF2N3O7/c1-33-22(30(42)38(32(33)44)17-9-12-24(35)23(34)13-17)14-21-18(27(33)20-3-2-4-25(36)28(20)40)10-11-19-26(21)31(43)37(29(19)41)15-5-7-16(8-6-15)39(45)46/h2-10,12-13,19,21-22,26-27,40H,11,14H2,1H3. The molecule has 3 aromatic carbocycles. The Bertz CT molecular complexity index is 1930.